The minimum Gasteiger partial charge on any atom is -0.152 e. The van der Waals surface area contributed by atoms with Gasteiger partial charge in [0.2, 0.25) is 0 Å². The molecule has 1 atom stereocenters. The van der Waals surface area contributed by atoms with Crippen LogP contribution in [-0.2, 0) is 6.42 Å². The maximum atomic E-state index is 3.71. The fourth-order valence-corrected chi connectivity index (χ4v) is 3.52. The van der Waals surface area contributed by atoms with Gasteiger partial charge in [-0.15, -0.1) is 0 Å². The SMILES string of the molecule is CCCCC(CC)(CBr)Cc1ccsc1. The van der Waals surface area contributed by atoms with Crippen molar-refractivity contribution in [1.29, 1.82) is 0 Å². The first-order valence-corrected chi connectivity index (χ1v) is 7.90. The van der Waals surface area contributed by atoms with Gasteiger partial charge < -0.3 is 0 Å². The molecule has 1 rings (SSSR count). The average Bonchev–Trinajstić information content (AvgIpc) is 2.77. The van der Waals surface area contributed by atoms with Gasteiger partial charge in [-0.1, -0.05) is 42.6 Å². The molecule has 0 bridgehead atoms. The summed E-state index contributed by atoms with van der Waals surface area (Å²) >= 11 is 5.52. The predicted octanol–water partition coefficient (Wildman–Crippen LogP) is 5.27. The predicted molar refractivity (Wildman–Crippen MR) is 74.1 cm³/mol. The van der Waals surface area contributed by atoms with Crippen molar-refractivity contribution in [2.45, 2.75) is 46.0 Å². The normalized spacial score (nSPS) is 15.1. The van der Waals surface area contributed by atoms with Crippen LogP contribution in [0.15, 0.2) is 16.8 Å². The molecule has 1 heterocycles. The fourth-order valence-electron chi connectivity index (χ4n) is 1.98. The topological polar surface area (TPSA) is 0 Å². The molecule has 1 aromatic heterocycles. The third-order valence-electron chi connectivity index (χ3n) is 3.25. The average molecular weight is 289 g/mol. The smallest absolute Gasteiger partial charge is 0.00910 e. The third kappa shape index (κ3) is 3.92. The van der Waals surface area contributed by atoms with Gasteiger partial charge in [0.05, 0.1) is 0 Å². The second-order valence-electron chi connectivity index (χ2n) is 4.40. The molecule has 0 N–H and O–H groups in total. The van der Waals surface area contributed by atoms with Crippen LogP contribution in [-0.4, -0.2) is 5.33 Å². The summed E-state index contributed by atoms with van der Waals surface area (Å²) in [6, 6.07) is 2.27. The molecule has 0 aliphatic carbocycles. The zero-order chi connectivity index (χ0) is 11.1. The highest BCUT2D eigenvalue weighted by Gasteiger charge is 2.26. The minimum atomic E-state index is 0.483. The van der Waals surface area contributed by atoms with Crippen LogP contribution in [0.3, 0.4) is 0 Å². The molecule has 0 aromatic carbocycles. The van der Waals surface area contributed by atoms with Crippen molar-refractivity contribution >= 4 is 27.3 Å². The van der Waals surface area contributed by atoms with E-state index in [-0.39, 0.29) is 0 Å². The van der Waals surface area contributed by atoms with E-state index < -0.39 is 0 Å². The Labute approximate surface area is 106 Å². The van der Waals surface area contributed by atoms with Crippen LogP contribution in [0.1, 0.15) is 45.1 Å². The number of halogens is 1. The van der Waals surface area contributed by atoms with Crippen LogP contribution < -0.4 is 0 Å². The Kier molecular flexibility index (Phi) is 5.91. The van der Waals surface area contributed by atoms with Crippen molar-refractivity contribution in [1.82, 2.24) is 0 Å². The highest BCUT2D eigenvalue weighted by Crippen LogP contribution is 2.35. The van der Waals surface area contributed by atoms with Crippen molar-refractivity contribution in [2.75, 3.05) is 5.33 Å². The lowest BCUT2D eigenvalue weighted by Crippen LogP contribution is -2.24. The summed E-state index contributed by atoms with van der Waals surface area (Å²) in [6.07, 6.45) is 6.51. The van der Waals surface area contributed by atoms with Gasteiger partial charge in [-0.2, -0.15) is 11.3 Å². The molecular weight excluding hydrogens is 268 g/mol. The monoisotopic (exact) mass is 288 g/mol. The van der Waals surface area contributed by atoms with Gasteiger partial charge in [-0.25, -0.2) is 0 Å². The molecule has 0 saturated carbocycles. The van der Waals surface area contributed by atoms with E-state index in [4.69, 9.17) is 0 Å². The third-order valence-corrected chi connectivity index (χ3v) is 5.17. The van der Waals surface area contributed by atoms with Crippen LogP contribution in [0.5, 0.6) is 0 Å². The van der Waals surface area contributed by atoms with Crippen molar-refractivity contribution < 1.29 is 0 Å². The lowest BCUT2D eigenvalue weighted by Gasteiger charge is -2.30. The molecule has 0 amide bonds. The Morgan fingerprint density at radius 1 is 1.40 bits per heavy atom. The lowest BCUT2D eigenvalue weighted by molar-refractivity contribution is 0.284. The van der Waals surface area contributed by atoms with E-state index in [9.17, 15) is 0 Å². The molecule has 0 nitrogen and oxygen atoms in total. The number of hydrogen-bond acceptors (Lipinski definition) is 1. The van der Waals surface area contributed by atoms with Gasteiger partial charge in [0.25, 0.3) is 0 Å². The standard InChI is InChI=1S/C13H21BrS/c1-3-5-7-13(4-2,11-14)9-12-6-8-15-10-12/h6,8,10H,3-5,7,9,11H2,1-2H3. The fraction of sp³-hybridized carbons (Fsp3) is 0.692. The Morgan fingerprint density at radius 2 is 2.20 bits per heavy atom. The van der Waals surface area contributed by atoms with Crippen molar-refractivity contribution in [3.05, 3.63) is 22.4 Å². The van der Waals surface area contributed by atoms with E-state index in [0.29, 0.717) is 5.41 Å². The molecule has 0 aliphatic heterocycles. The van der Waals surface area contributed by atoms with E-state index in [1.807, 2.05) is 11.3 Å². The van der Waals surface area contributed by atoms with E-state index >= 15 is 0 Å². The van der Waals surface area contributed by atoms with Gasteiger partial charge in [-0.3, -0.25) is 0 Å². The highest BCUT2D eigenvalue weighted by atomic mass is 79.9. The second-order valence-corrected chi connectivity index (χ2v) is 5.74. The Morgan fingerprint density at radius 3 is 2.67 bits per heavy atom. The summed E-state index contributed by atoms with van der Waals surface area (Å²) in [4.78, 5) is 0. The van der Waals surface area contributed by atoms with Crippen LogP contribution in [0, 0.1) is 5.41 Å². The van der Waals surface area contributed by atoms with Crippen LogP contribution in [0.2, 0.25) is 0 Å². The highest BCUT2D eigenvalue weighted by molar-refractivity contribution is 9.09. The molecule has 1 unspecified atom stereocenters. The van der Waals surface area contributed by atoms with Gasteiger partial charge in [-0.05, 0) is 47.1 Å². The maximum Gasteiger partial charge on any atom is 0.00910 e. The van der Waals surface area contributed by atoms with Gasteiger partial charge in [0.1, 0.15) is 0 Å². The molecule has 0 spiro atoms. The molecule has 0 fully saturated rings. The summed E-state index contributed by atoms with van der Waals surface area (Å²) in [5, 5.41) is 5.61. The summed E-state index contributed by atoms with van der Waals surface area (Å²) in [5.74, 6) is 0. The summed E-state index contributed by atoms with van der Waals surface area (Å²) in [5.41, 5.74) is 1.99. The quantitative estimate of drug-likeness (QED) is 0.600. The number of hydrogen-bond donors (Lipinski definition) is 0. The Hall–Kier alpha value is 0.180. The van der Waals surface area contributed by atoms with Crippen molar-refractivity contribution in [3.8, 4) is 0 Å². The molecular formula is C13H21BrS. The van der Waals surface area contributed by atoms with Gasteiger partial charge in [0, 0.05) is 5.33 Å². The Bertz CT molecular complexity index is 250. The van der Waals surface area contributed by atoms with Crippen LogP contribution >= 0.6 is 27.3 Å². The first-order chi connectivity index (χ1) is 7.26. The van der Waals surface area contributed by atoms with E-state index in [1.54, 1.807) is 0 Å². The van der Waals surface area contributed by atoms with E-state index in [2.05, 4.69) is 46.6 Å². The molecule has 0 saturated heterocycles. The maximum absolute atomic E-state index is 3.71. The molecule has 0 radical (unpaired) electrons. The van der Waals surface area contributed by atoms with E-state index in [1.165, 1.54) is 37.7 Å². The first-order valence-electron chi connectivity index (χ1n) is 5.83. The molecule has 86 valence electrons. The molecule has 15 heavy (non-hydrogen) atoms. The van der Waals surface area contributed by atoms with E-state index in [0.717, 1.165) is 5.33 Å². The van der Waals surface area contributed by atoms with Gasteiger partial charge >= 0.3 is 0 Å². The molecule has 0 aliphatic rings. The zero-order valence-electron chi connectivity index (χ0n) is 9.76. The molecule has 2 heteroatoms. The minimum absolute atomic E-state index is 0.483. The number of alkyl halides is 1. The summed E-state index contributed by atoms with van der Waals surface area (Å²) < 4.78 is 0. The van der Waals surface area contributed by atoms with Crippen molar-refractivity contribution in [3.63, 3.8) is 0 Å². The van der Waals surface area contributed by atoms with Gasteiger partial charge in [0.15, 0.2) is 0 Å². The number of unbranched alkanes of at least 4 members (excludes halogenated alkanes) is 1. The van der Waals surface area contributed by atoms with Crippen LogP contribution in [0.25, 0.3) is 0 Å². The van der Waals surface area contributed by atoms with Crippen molar-refractivity contribution in [2.24, 2.45) is 5.41 Å². The first kappa shape index (κ1) is 13.2. The summed E-state index contributed by atoms with van der Waals surface area (Å²) in [6.45, 7) is 4.60. The largest absolute Gasteiger partial charge is 0.152 e. The number of rotatable bonds is 7. The summed E-state index contributed by atoms with van der Waals surface area (Å²) in [7, 11) is 0. The van der Waals surface area contributed by atoms with Crippen LogP contribution in [0.4, 0.5) is 0 Å². The Balaban J connectivity index is 2.63. The number of thiophene rings is 1. The lowest BCUT2D eigenvalue weighted by atomic mass is 9.77. The second kappa shape index (κ2) is 6.70. The molecule has 1 aromatic rings. The zero-order valence-corrected chi connectivity index (χ0v) is 12.2.